The third-order valence-electron chi connectivity index (χ3n) is 3.04. The van der Waals surface area contributed by atoms with Crippen molar-refractivity contribution in [2.24, 2.45) is 0 Å². The average molecular weight is 235 g/mol. The first-order valence-corrected chi connectivity index (χ1v) is 6.53. The Kier molecular flexibility index (Phi) is 6.16. The Morgan fingerprint density at radius 1 is 1.35 bits per heavy atom. The molecule has 0 radical (unpaired) electrons. The van der Waals surface area contributed by atoms with Gasteiger partial charge in [0.25, 0.3) is 0 Å². The topological polar surface area (TPSA) is 28.2 Å². The van der Waals surface area contributed by atoms with Crippen LogP contribution < -0.4 is 5.32 Å². The molecule has 1 unspecified atom stereocenters. The fraction of sp³-hybridized carbons (Fsp3) is 0.643. The van der Waals surface area contributed by atoms with Gasteiger partial charge in [-0.05, 0) is 44.6 Å². The van der Waals surface area contributed by atoms with Crippen LogP contribution in [0.25, 0.3) is 0 Å². The monoisotopic (exact) mass is 235 g/mol. The van der Waals surface area contributed by atoms with E-state index in [2.05, 4.69) is 48.1 Å². The molecule has 1 rings (SSSR count). The van der Waals surface area contributed by atoms with Gasteiger partial charge in [0.2, 0.25) is 0 Å². The summed E-state index contributed by atoms with van der Waals surface area (Å²) in [6.07, 6.45) is 1.88. The van der Waals surface area contributed by atoms with Gasteiger partial charge >= 0.3 is 0 Å². The van der Waals surface area contributed by atoms with Crippen molar-refractivity contribution >= 4 is 0 Å². The summed E-state index contributed by atoms with van der Waals surface area (Å²) in [4.78, 5) is 6.65. The first-order chi connectivity index (χ1) is 8.15. The zero-order chi connectivity index (χ0) is 12.7. The van der Waals surface area contributed by atoms with Crippen LogP contribution in [-0.4, -0.2) is 35.6 Å². The van der Waals surface area contributed by atoms with Gasteiger partial charge in [0, 0.05) is 31.0 Å². The molecule has 0 spiro atoms. The van der Waals surface area contributed by atoms with Crippen molar-refractivity contribution in [2.45, 2.75) is 40.3 Å². The minimum absolute atomic E-state index is 0.517. The normalized spacial score (nSPS) is 13.0. The molecule has 0 aliphatic rings. The lowest BCUT2D eigenvalue weighted by Gasteiger charge is -2.23. The number of hydrogen-bond donors (Lipinski definition) is 1. The molecule has 3 heteroatoms. The number of likely N-dealkylation sites (N-methyl/N-ethyl adjacent to an activating group) is 1. The van der Waals surface area contributed by atoms with Gasteiger partial charge in [-0.1, -0.05) is 13.8 Å². The van der Waals surface area contributed by atoms with Gasteiger partial charge in [0.05, 0.1) is 0 Å². The molecule has 0 fully saturated rings. The van der Waals surface area contributed by atoms with E-state index in [9.17, 15) is 0 Å². The second-order valence-corrected chi connectivity index (χ2v) is 4.57. The van der Waals surface area contributed by atoms with Gasteiger partial charge in [-0.2, -0.15) is 0 Å². The summed E-state index contributed by atoms with van der Waals surface area (Å²) < 4.78 is 0. The number of pyridine rings is 1. The van der Waals surface area contributed by atoms with Crippen molar-refractivity contribution < 1.29 is 0 Å². The fourth-order valence-electron chi connectivity index (χ4n) is 1.94. The minimum Gasteiger partial charge on any atom is -0.309 e. The van der Waals surface area contributed by atoms with Crippen LogP contribution in [0.1, 0.15) is 32.0 Å². The quantitative estimate of drug-likeness (QED) is 0.785. The van der Waals surface area contributed by atoms with Crippen molar-refractivity contribution in [3.05, 3.63) is 29.6 Å². The smallest absolute Gasteiger partial charge is 0.0375 e. The molecule has 1 aromatic rings. The SMILES string of the molecule is CCN(CC)CC(C)NCc1ccnc(C)c1. The summed E-state index contributed by atoms with van der Waals surface area (Å²) in [5.41, 5.74) is 2.39. The zero-order valence-corrected chi connectivity index (χ0v) is 11.5. The summed E-state index contributed by atoms with van der Waals surface area (Å²) in [5, 5.41) is 3.56. The van der Waals surface area contributed by atoms with Gasteiger partial charge < -0.3 is 10.2 Å². The Labute approximate surface area is 105 Å². The standard InChI is InChI=1S/C14H25N3/c1-5-17(6-2)11-13(4)16-10-14-7-8-15-12(3)9-14/h7-9,13,16H,5-6,10-11H2,1-4H3. The van der Waals surface area contributed by atoms with Crippen molar-refractivity contribution in [2.75, 3.05) is 19.6 Å². The first kappa shape index (κ1) is 14.1. The van der Waals surface area contributed by atoms with Gasteiger partial charge in [-0.3, -0.25) is 4.98 Å². The predicted octanol–water partition coefficient (Wildman–Crippen LogP) is 2.21. The van der Waals surface area contributed by atoms with Crippen LogP contribution >= 0.6 is 0 Å². The lowest BCUT2D eigenvalue weighted by Crippen LogP contribution is -2.38. The number of aryl methyl sites for hydroxylation is 1. The second-order valence-electron chi connectivity index (χ2n) is 4.57. The number of aromatic nitrogens is 1. The third kappa shape index (κ3) is 5.29. The van der Waals surface area contributed by atoms with E-state index in [0.717, 1.165) is 31.9 Å². The molecule has 0 saturated carbocycles. The Bertz CT molecular complexity index is 321. The predicted molar refractivity (Wildman–Crippen MR) is 73.1 cm³/mol. The van der Waals surface area contributed by atoms with E-state index in [0.29, 0.717) is 6.04 Å². The van der Waals surface area contributed by atoms with E-state index < -0.39 is 0 Å². The minimum atomic E-state index is 0.517. The molecule has 96 valence electrons. The maximum Gasteiger partial charge on any atom is 0.0375 e. The van der Waals surface area contributed by atoms with Crippen LogP contribution in [0.2, 0.25) is 0 Å². The lowest BCUT2D eigenvalue weighted by atomic mass is 10.2. The summed E-state index contributed by atoms with van der Waals surface area (Å²) in [6, 6.07) is 4.73. The summed E-state index contributed by atoms with van der Waals surface area (Å²) >= 11 is 0. The summed E-state index contributed by atoms with van der Waals surface area (Å²) in [7, 11) is 0. The number of rotatable bonds is 7. The molecule has 0 aliphatic carbocycles. The zero-order valence-electron chi connectivity index (χ0n) is 11.5. The summed E-state index contributed by atoms with van der Waals surface area (Å²) in [5.74, 6) is 0. The van der Waals surface area contributed by atoms with Crippen molar-refractivity contribution in [3.8, 4) is 0 Å². The number of nitrogens with zero attached hydrogens (tertiary/aromatic N) is 2. The van der Waals surface area contributed by atoms with Crippen molar-refractivity contribution in [3.63, 3.8) is 0 Å². The molecule has 0 amide bonds. The van der Waals surface area contributed by atoms with Gasteiger partial charge in [-0.25, -0.2) is 0 Å². The van der Waals surface area contributed by atoms with Gasteiger partial charge in [0.15, 0.2) is 0 Å². The molecule has 3 nitrogen and oxygen atoms in total. The highest BCUT2D eigenvalue weighted by Crippen LogP contribution is 2.01. The van der Waals surface area contributed by atoms with Crippen LogP contribution in [0.5, 0.6) is 0 Å². The number of hydrogen-bond acceptors (Lipinski definition) is 3. The highest BCUT2D eigenvalue weighted by atomic mass is 15.1. The van der Waals surface area contributed by atoms with Crippen molar-refractivity contribution in [1.29, 1.82) is 0 Å². The Hall–Kier alpha value is -0.930. The van der Waals surface area contributed by atoms with Crippen molar-refractivity contribution in [1.82, 2.24) is 15.2 Å². The van der Waals surface area contributed by atoms with E-state index in [1.165, 1.54) is 5.56 Å². The molecule has 1 heterocycles. The fourth-order valence-corrected chi connectivity index (χ4v) is 1.94. The maximum absolute atomic E-state index is 4.21. The average Bonchev–Trinajstić information content (AvgIpc) is 2.33. The Balaban J connectivity index is 2.35. The first-order valence-electron chi connectivity index (χ1n) is 6.53. The molecule has 0 aliphatic heterocycles. The van der Waals surface area contributed by atoms with Crippen LogP contribution in [-0.2, 0) is 6.54 Å². The lowest BCUT2D eigenvalue weighted by molar-refractivity contribution is 0.270. The largest absolute Gasteiger partial charge is 0.309 e. The van der Waals surface area contributed by atoms with E-state index in [-0.39, 0.29) is 0 Å². The van der Waals surface area contributed by atoms with Crippen LogP contribution in [0.4, 0.5) is 0 Å². The highest BCUT2D eigenvalue weighted by Gasteiger charge is 2.06. The maximum atomic E-state index is 4.21. The Morgan fingerprint density at radius 2 is 2.06 bits per heavy atom. The summed E-state index contributed by atoms with van der Waals surface area (Å²) in [6.45, 7) is 13.0. The molecule has 0 saturated heterocycles. The second kappa shape index (κ2) is 7.41. The van der Waals surface area contributed by atoms with E-state index in [1.807, 2.05) is 13.1 Å². The molecule has 1 atom stereocenters. The molecular weight excluding hydrogens is 210 g/mol. The molecule has 1 aromatic heterocycles. The van der Waals surface area contributed by atoms with Crippen LogP contribution in [0, 0.1) is 6.92 Å². The van der Waals surface area contributed by atoms with Gasteiger partial charge in [-0.15, -0.1) is 0 Å². The molecule has 0 aromatic carbocycles. The van der Waals surface area contributed by atoms with Crippen LogP contribution in [0.3, 0.4) is 0 Å². The van der Waals surface area contributed by atoms with Crippen LogP contribution in [0.15, 0.2) is 18.3 Å². The van der Waals surface area contributed by atoms with E-state index in [4.69, 9.17) is 0 Å². The van der Waals surface area contributed by atoms with Gasteiger partial charge in [0.1, 0.15) is 0 Å². The van der Waals surface area contributed by atoms with E-state index in [1.54, 1.807) is 0 Å². The Morgan fingerprint density at radius 3 is 2.65 bits per heavy atom. The molecule has 17 heavy (non-hydrogen) atoms. The molecule has 1 N–H and O–H groups in total. The highest BCUT2D eigenvalue weighted by molar-refractivity contribution is 5.15. The number of nitrogens with one attached hydrogen (secondary N) is 1. The molecule has 0 bridgehead atoms. The van der Waals surface area contributed by atoms with E-state index >= 15 is 0 Å². The molecular formula is C14H25N3. The third-order valence-corrected chi connectivity index (χ3v) is 3.04.